The summed E-state index contributed by atoms with van der Waals surface area (Å²) >= 11 is 0. The fraction of sp³-hybridized carbons (Fsp3) is 0.136. The van der Waals surface area contributed by atoms with Crippen LogP contribution >= 0.6 is 0 Å². The molecule has 1 aromatic heterocycles. The highest BCUT2D eigenvalue weighted by Gasteiger charge is 2.19. The molecular formula is C22H19NO7. The zero-order valence-electron chi connectivity index (χ0n) is 16.3. The fourth-order valence-corrected chi connectivity index (χ4v) is 2.68. The Kier molecular flexibility index (Phi) is 6.49. The van der Waals surface area contributed by atoms with Gasteiger partial charge in [-0.25, -0.2) is 4.79 Å². The van der Waals surface area contributed by atoms with Crippen LogP contribution in [0.25, 0.3) is 0 Å². The molecule has 3 aromatic rings. The van der Waals surface area contributed by atoms with E-state index < -0.39 is 24.3 Å². The average molecular weight is 409 g/mol. The van der Waals surface area contributed by atoms with E-state index in [1.807, 2.05) is 0 Å². The first kappa shape index (κ1) is 20.7. The molecule has 1 heterocycles. The summed E-state index contributed by atoms with van der Waals surface area (Å²) in [6, 6.07) is 14.1. The van der Waals surface area contributed by atoms with Crippen LogP contribution in [-0.4, -0.2) is 38.5 Å². The molecule has 0 unspecified atom stereocenters. The number of ketones is 1. The lowest BCUT2D eigenvalue weighted by Gasteiger charge is -2.12. The molecule has 3 rings (SSSR count). The molecule has 30 heavy (non-hydrogen) atoms. The van der Waals surface area contributed by atoms with Crippen LogP contribution in [0, 0.1) is 0 Å². The van der Waals surface area contributed by atoms with Crippen molar-refractivity contribution in [2.45, 2.75) is 0 Å². The number of furan rings is 1. The molecule has 8 nitrogen and oxygen atoms in total. The van der Waals surface area contributed by atoms with Crippen LogP contribution in [-0.2, 0) is 4.74 Å². The van der Waals surface area contributed by atoms with Crippen LogP contribution in [0.15, 0.2) is 65.3 Å². The van der Waals surface area contributed by atoms with Crippen molar-refractivity contribution < 1.29 is 33.0 Å². The normalized spacial score (nSPS) is 10.2. The number of nitrogens with one attached hydrogen (secondary N) is 1. The van der Waals surface area contributed by atoms with E-state index in [1.54, 1.807) is 36.4 Å². The number of methoxy groups -OCH3 is 2. The van der Waals surface area contributed by atoms with E-state index in [2.05, 4.69) is 5.32 Å². The Morgan fingerprint density at radius 2 is 1.73 bits per heavy atom. The SMILES string of the molecule is COc1ccc(OC)c(C(=O)COC(=O)c2ccccc2NC(=O)c2ccco2)c1. The minimum Gasteiger partial charge on any atom is -0.497 e. The smallest absolute Gasteiger partial charge is 0.340 e. The molecule has 1 N–H and O–H groups in total. The lowest BCUT2D eigenvalue weighted by atomic mass is 10.1. The fourth-order valence-electron chi connectivity index (χ4n) is 2.68. The Balaban J connectivity index is 1.71. The standard InChI is InChI=1S/C22H19NO7/c1-27-14-9-10-19(28-2)16(12-14)18(24)13-30-22(26)15-6-3-4-7-17(15)23-21(25)20-8-5-11-29-20/h3-12H,13H2,1-2H3,(H,23,25). The second-order valence-corrected chi connectivity index (χ2v) is 6.04. The van der Waals surface area contributed by atoms with Crippen LogP contribution < -0.4 is 14.8 Å². The molecule has 0 saturated heterocycles. The van der Waals surface area contributed by atoms with Crippen molar-refractivity contribution in [2.75, 3.05) is 26.1 Å². The maximum absolute atomic E-state index is 12.6. The van der Waals surface area contributed by atoms with Crippen LogP contribution in [0.3, 0.4) is 0 Å². The lowest BCUT2D eigenvalue weighted by Crippen LogP contribution is -2.18. The van der Waals surface area contributed by atoms with Crippen molar-refractivity contribution in [1.29, 1.82) is 0 Å². The van der Waals surface area contributed by atoms with Gasteiger partial charge in [0.1, 0.15) is 11.5 Å². The highest BCUT2D eigenvalue weighted by Crippen LogP contribution is 2.25. The van der Waals surface area contributed by atoms with Gasteiger partial charge < -0.3 is 23.9 Å². The van der Waals surface area contributed by atoms with Gasteiger partial charge in [-0.1, -0.05) is 12.1 Å². The van der Waals surface area contributed by atoms with E-state index in [0.717, 1.165) is 0 Å². The van der Waals surface area contributed by atoms with Gasteiger partial charge >= 0.3 is 5.97 Å². The number of carbonyl (C=O) groups excluding carboxylic acids is 3. The Labute approximate surface area is 172 Å². The second kappa shape index (κ2) is 9.42. The van der Waals surface area contributed by atoms with Gasteiger partial charge in [-0.2, -0.15) is 0 Å². The second-order valence-electron chi connectivity index (χ2n) is 6.04. The summed E-state index contributed by atoms with van der Waals surface area (Å²) in [6.07, 6.45) is 1.37. The molecule has 0 aliphatic rings. The summed E-state index contributed by atoms with van der Waals surface area (Å²) in [5, 5.41) is 2.59. The molecule has 0 radical (unpaired) electrons. The minimum absolute atomic E-state index is 0.0958. The summed E-state index contributed by atoms with van der Waals surface area (Å²) in [5.41, 5.74) is 0.558. The lowest BCUT2D eigenvalue weighted by molar-refractivity contribution is 0.0475. The third-order valence-electron chi connectivity index (χ3n) is 4.18. The van der Waals surface area contributed by atoms with E-state index in [0.29, 0.717) is 11.5 Å². The Morgan fingerprint density at radius 3 is 2.43 bits per heavy atom. The maximum atomic E-state index is 12.6. The Hall–Kier alpha value is -4.07. The first-order chi connectivity index (χ1) is 14.5. The summed E-state index contributed by atoms with van der Waals surface area (Å²) in [4.78, 5) is 37.3. The topological polar surface area (TPSA) is 104 Å². The number of hydrogen-bond acceptors (Lipinski definition) is 7. The molecule has 154 valence electrons. The zero-order chi connectivity index (χ0) is 21.5. The van der Waals surface area contributed by atoms with E-state index in [9.17, 15) is 14.4 Å². The molecular weight excluding hydrogens is 390 g/mol. The van der Waals surface area contributed by atoms with Crippen LogP contribution in [0.5, 0.6) is 11.5 Å². The van der Waals surface area contributed by atoms with Crippen molar-refractivity contribution in [3.63, 3.8) is 0 Å². The van der Waals surface area contributed by atoms with Gasteiger partial charge in [-0.05, 0) is 42.5 Å². The number of ether oxygens (including phenoxy) is 3. The van der Waals surface area contributed by atoms with Crippen molar-refractivity contribution in [3.8, 4) is 11.5 Å². The molecule has 0 atom stereocenters. The summed E-state index contributed by atoms with van der Waals surface area (Å²) in [5.74, 6) is -0.841. The molecule has 0 fully saturated rings. The molecule has 1 amide bonds. The van der Waals surface area contributed by atoms with Gasteiger partial charge in [0.05, 0.1) is 37.3 Å². The predicted molar refractivity (Wildman–Crippen MR) is 107 cm³/mol. The summed E-state index contributed by atoms with van der Waals surface area (Å²) in [6.45, 7) is -0.511. The number of carbonyl (C=O) groups is 3. The zero-order valence-corrected chi connectivity index (χ0v) is 16.3. The van der Waals surface area contributed by atoms with Crippen LogP contribution in [0.1, 0.15) is 31.3 Å². The van der Waals surface area contributed by atoms with Crippen molar-refractivity contribution in [2.24, 2.45) is 0 Å². The van der Waals surface area contributed by atoms with Gasteiger partial charge in [-0.15, -0.1) is 0 Å². The average Bonchev–Trinajstić information content (AvgIpc) is 3.32. The number of para-hydroxylation sites is 1. The number of anilines is 1. The summed E-state index contributed by atoms with van der Waals surface area (Å²) in [7, 11) is 2.91. The van der Waals surface area contributed by atoms with Gasteiger partial charge in [0.2, 0.25) is 5.78 Å². The highest BCUT2D eigenvalue weighted by molar-refractivity contribution is 6.07. The molecule has 2 aromatic carbocycles. The number of Topliss-reactive ketones (excluding diaryl/α,β-unsaturated/α-hetero) is 1. The number of benzene rings is 2. The Morgan fingerprint density at radius 1 is 0.933 bits per heavy atom. The molecule has 0 saturated carbocycles. The van der Waals surface area contributed by atoms with Crippen LogP contribution in [0.4, 0.5) is 5.69 Å². The van der Waals surface area contributed by atoms with Gasteiger partial charge in [0, 0.05) is 0 Å². The van der Waals surface area contributed by atoms with Crippen molar-refractivity contribution in [3.05, 3.63) is 77.7 Å². The van der Waals surface area contributed by atoms with E-state index in [1.165, 1.54) is 38.7 Å². The summed E-state index contributed by atoms with van der Waals surface area (Å²) < 4.78 is 20.5. The van der Waals surface area contributed by atoms with Crippen LogP contribution in [0.2, 0.25) is 0 Å². The van der Waals surface area contributed by atoms with Crippen molar-refractivity contribution in [1.82, 2.24) is 0 Å². The first-order valence-corrected chi connectivity index (χ1v) is 8.89. The van der Waals surface area contributed by atoms with E-state index in [-0.39, 0.29) is 22.6 Å². The first-order valence-electron chi connectivity index (χ1n) is 8.89. The number of esters is 1. The quantitative estimate of drug-likeness (QED) is 0.448. The van der Waals surface area contributed by atoms with Gasteiger partial charge in [-0.3, -0.25) is 9.59 Å². The highest BCUT2D eigenvalue weighted by atomic mass is 16.5. The Bertz CT molecular complexity index is 1060. The third-order valence-corrected chi connectivity index (χ3v) is 4.18. The molecule has 0 bridgehead atoms. The predicted octanol–water partition coefficient (Wildman–Crippen LogP) is 3.59. The number of rotatable bonds is 8. The molecule has 8 heteroatoms. The molecule has 0 spiro atoms. The number of amides is 1. The largest absolute Gasteiger partial charge is 0.497 e. The van der Waals surface area contributed by atoms with E-state index >= 15 is 0 Å². The maximum Gasteiger partial charge on any atom is 0.340 e. The number of hydrogen-bond donors (Lipinski definition) is 1. The van der Waals surface area contributed by atoms with Gasteiger partial charge in [0.25, 0.3) is 5.91 Å². The molecule has 0 aliphatic carbocycles. The van der Waals surface area contributed by atoms with Crippen molar-refractivity contribution >= 4 is 23.3 Å². The molecule has 0 aliphatic heterocycles. The van der Waals surface area contributed by atoms with E-state index in [4.69, 9.17) is 18.6 Å². The minimum atomic E-state index is -0.763. The third kappa shape index (κ3) is 4.67. The monoisotopic (exact) mass is 409 g/mol. The van der Waals surface area contributed by atoms with Gasteiger partial charge in [0.15, 0.2) is 12.4 Å².